The van der Waals surface area contributed by atoms with Gasteiger partial charge >= 0.3 is 5.97 Å². The van der Waals surface area contributed by atoms with Crippen LogP contribution < -0.4 is 14.4 Å². The minimum atomic E-state index is -3.06. The van der Waals surface area contributed by atoms with E-state index in [1.54, 1.807) is 48.5 Å². The molecule has 0 saturated carbocycles. The quantitative estimate of drug-likeness (QED) is 0.0600. The zero-order valence-corrected chi connectivity index (χ0v) is 26.6. The van der Waals surface area contributed by atoms with Crippen LogP contribution in [0.1, 0.15) is 27.0 Å². The molecule has 1 atom stereocenters. The van der Waals surface area contributed by atoms with Gasteiger partial charge in [-0.25, -0.2) is 40.1 Å². The second-order valence-corrected chi connectivity index (χ2v) is 11.8. The number of esters is 1. The summed E-state index contributed by atoms with van der Waals surface area (Å²) in [6.45, 7) is -1.18. The van der Waals surface area contributed by atoms with Crippen molar-refractivity contribution >= 4 is 28.5 Å². The van der Waals surface area contributed by atoms with Crippen LogP contribution in [-0.2, 0) is 40.3 Å². The van der Waals surface area contributed by atoms with Crippen molar-refractivity contribution in [2.75, 3.05) is 11.4 Å². The van der Waals surface area contributed by atoms with Crippen LogP contribution in [0.15, 0.2) is 108 Å². The molecule has 0 saturated heterocycles. The van der Waals surface area contributed by atoms with Crippen LogP contribution >= 0.6 is 0 Å². The third-order valence-electron chi connectivity index (χ3n) is 7.21. The summed E-state index contributed by atoms with van der Waals surface area (Å²) in [5.41, 5.74) is 2.03. The number of anilines is 1. The topological polar surface area (TPSA) is 84.9 Å². The van der Waals surface area contributed by atoms with E-state index in [2.05, 4.69) is 0 Å². The lowest BCUT2D eigenvalue weighted by Gasteiger charge is -2.24. The Labute approximate surface area is 284 Å². The van der Waals surface area contributed by atoms with Crippen LogP contribution in [0.25, 0.3) is 0 Å². The number of amides is 1. The van der Waals surface area contributed by atoms with E-state index < -0.39 is 69.2 Å². The molecule has 0 radical (unpaired) electrons. The van der Waals surface area contributed by atoms with Crippen LogP contribution in [0.4, 0.5) is 32.0 Å². The van der Waals surface area contributed by atoms with Crippen molar-refractivity contribution in [3.63, 3.8) is 0 Å². The molecule has 1 unspecified atom stereocenters. The normalized spacial score (nSPS) is 11.6. The third kappa shape index (κ3) is 8.57. The standard InChI is InChI=1S/C36H26F6N2O5S/c37-25-13-11-22(12-14-25)19-44(29(45)18-43-50(47)35-33(41)31(39)30(38)32(40)34(35)42)26-15-16-27(36(46)49-21-24-9-5-2-6-10-24)28(17-26)48-20-23-7-3-1-4-8-23/h1-17,43H,18-21H2. The zero-order valence-electron chi connectivity index (χ0n) is 25.8. The Balaban J connectivity index is 1.45. The Morgan fingerprint density at radius 2 is 1.22 bits per heavy atom. The maximum Gasteiger partial charge on any atom is 0.342 e. The molecule has 5 rings (SSSR count). The maximum absolute atomic E-state index is 14.3. The smallest absolute Gasteiger partial charge is 0.342 e. The van der Waals surface area contributed by atoms with Crippen molar-refractivity contribution in [2.24, 2.45) is 0 Å². The van der Waals surface area contributed by atoms with E-state index >= 15 is 0 Å². The van der Waals surface area contributed by atoms with Gasteiger partial charge in [-0.3, -0.25) is 4.79 Å². The summed E-state index contributed by atoms with van der Waals surface area (Å²) in [5.74, 6) is -13.8. The number of nitrogens with zero attached hydrogens (tertiary/aromatic N) is 1. The summed E-state index contributed by atoms with van der Waals surface area (Å²) < 4.78 is 109. The largest absolute Gasteiger partial charge is 0.488 e. The van der Waals surface area contributed by atoms with E-state index in [0.717, 1.165) is 28.2 Å². The van der Waals surface area contributed by atoms with E-state index in [-0.39, 0.29) is 36.8 Å². The number of carbonyl (C=O) groups is 2. The summed E-state index contributed by atoms with van der Waals surface area (Å²) in [6.07, 6.45) is 0. The van der Waals surface area contributed by atoms with Gasteiger partial charge in [0.15, 0.2) is 23.3 Å². The Morgan fingerprint density at radius 1 is 0.660 bits per heavy atom. The number of carbonyl (C=O) groups excluding carboxylic acids is 2. The molecule has 0 aliphatic heterocycles. The molecule has 0 bridgehead atoms. The number of hydrogen-bond donors (Lipinski definition) is 1. The van der Waals surface area contributed by atoms with Gasteiger partial charge in [0, 0.05) is 11.8 Å². The van der Waals surface area contributed by atoms with Gasteiger partial charge in [0.05, 0.1) is 13.1 Å². The molecule has 0 aromatic heterocycles. The first-order chi connectivity index (χ1) is 24.0. The van der Waals surface area contributed by atoms with Crippen molar-refractivity contribution in [1.82, 2.24) is 4.72 Å². The molecule has 0 heterocycles. The molecule has 0 aliphatic rings. The monoisotopic (exact) mass is 712 g/mol. The Bertz CT molecular complexity index is 1990. The van der Waals surface area contributed by atoms with Crippen LogP contribution in [0.3, 0.4) is 0 Å². The first-order valence-corrected chi connectivity index (χ1v) is 15.9. The van der Waals surface area contributed by atoms with Crippen molar-refractivity contribution in [2.45, 2.75) is 24.7 Å². The zero-order chi connectivity index (χ0) is 35.8. The molecule has 5 aromatic carbocycles. The molecule has 14 heteroatoms. The lowest BCUT2D eigenvalue weighted by atomic mass is 10.1. The molecule has 7 nitrogen and oxygen atoms in total. The highest BCUT2D eigenvalue weighted by atomic mass is 32.2. The third-order valence-corrected chi connectivity index (χ3v) is 8.35. The Morgan fingerprint density at radius 3 is 1.82 bits per heavy atom. The van der Waals surface area contributed by atoms with Crippen molar-refractivity contribution in [1.29, 1.82) is 0 Å². The fourth-order valence-corrected chi connectivity index (χ4v) is 5.55. The van der Waals surface area contributed by atoms with E-state index in [9.17, 15) is 40.1 Å². The molecule has 1 amide bonds. The highest BCUT2D eigenvalue weighted by molar-refractivity contribution is 7.83. The first kappa shape index (κ1) is 35.8. The van der Waals surface area contributed by atoms with Gasteiger partial charge in [0.1, 0.15) is 46.2 Å². The molecule has 0 spiro atoms. The summed E-state index contributed by atoms with van der Waals surface area (Å²) in [4.78, 5) is 26.3. The molecule has 0 fully saturated rings. The fraction of sp³-hybridized carbons (Fsp3) is 0.111. The lowest BCUT2D eigenvalue weighted by Crippen LogP contribution is -2.39. The van der Waals surface area contributed by atoms with Gasteiger partial charge < -0.3 is 14.4 Å². The number of rotatable bonds is 13. The molecular weight excluding hydrogens is 686 g/mol. The Hall–Kier alpha value is -5.47. The number of nitrogens with one attached hydrogen (secondary N) is 1. The van der Waals surface area contributed by atoms with Gasteiger partial charge in [-0.2, -0.15) is 0 Å². The average molecular weight is 713 g/mol. The van der Waals surface area contributed by atoms with Crippen molar-refractivity contribution in [3.05, 3.63) is 160 Å². The van der Waals surface area contributed by atoms with Gasteiger partial charge in [-0.1, -0.05) is 72.8 Å². The molecule has 1 N–H and O–H groups in total. The molecule has 0 aliphatic carbocycles. The van der Waals surface area contributed by atoms with Gasteiger partial charge in [-0.05, 0) is 41.0 Å². The average Bonchev–Trinajstić information content (AvgIpc) is 3.14. The van der Waals surface area contributed by atoms with Gasteiger partial charge in [0.2, 0.25) is 11.7 Å². The predicted molar refractivity (Wildman–Crippen MR) is 171 cm³/mol. The van der Waals surface area contributed by atoms with Crippen molar-refractivity contribution in [3.8, 4) is 5.75 Å². The minimum absolute atomic E-state index is 0.0115. The van der Waals surface area contributed by atoms with Gasteiger partial charge in [0.25, 0.3) is 0 Å². The van der Waals surface area contributed by atoms with E-state index in [0.29, 0.717) is 5.56 Å². The molecule has 50 heavy (non-hydrogen) atoms. The summed E-state index contributed by atoms with van der Waals surface area (Å²) >= 11 is 0. The fourth-order valence-electron chi connectivity index (χ4n) is 4.64. The number of benzene rings is 5. The lowest BCUT2D eigenvalue weighted by molar-refractivity contribution is -0.117. The minimum Gasteiger partial charge on any atom is -0.488 e. The van der Waals surface area contributed by atoms with E-state index in [1.807, 2.05) is 16.9 Å². The van der Waals surface area contributed by atoms with Crippen molar-refractivity contribution < 1.29 is 49.6 Å². The van der Waals surface area contributed by atoms with Gasteiger partial charge in [-0.15, -0.1) is 0 Å². The summed E-state index contributed by atoms with van der Waals surface area (Å²) in [5, 5.41) is 0. The summed E-state index contributed by atoms with van der Waals surface area (Å²) in [6, 6.07) is 27.1. The van der Waals surface area contributed by atoms with Crippen LogP contribution in [0.2, 0.25) is 0 Å². The summed E-state index contributed by atoms with van der Waals surface area (Å²) in [7, 11) is -3.06. The number of halogens is 6. The van der Waals surface area contributed by atoms with E-state index in [1.165, 1.54) is 30.3 Å². The van der Waals surface area contributed by atoms with Crippen LogP contribution in [-0.4, -0.2) is 22.6 Å². The highest BCUT2D eigenvalue weighted by Crippen LogP contribution is 2.30. The maximum atomic E-state index is 14.3. The SMILES string of the molecule is O=C(OCc1ccccc1)c1ccc(N(Cc2ccc(F)cc2)C(=O)CNS(=O)c2c(F)c(F)c(F)c(F)c2F)cc1OCc1ccccc1. The predicted octanol–water partition coefficient (Wildman–Crippen LogP) is 7.30. The number of hydrogen-bond acceptors (Lipinski definition) is 5. The molecular formula is C36H26F6N2O5S. The Kier molecular flexibility index (Phi) is 11.7. The number of ether oxygens (including phenoxy) is 2. The highest BCUT2D eigenvalue weighted by Gasteiger charge is 2.30. The first-order valence-electron chi connectivity index (χ1n) is 14.8. The molecule has 5 aromatic rings. The second kappa shape index (κ2) is 16.3. The second-order valence-electron chi connectivity index (χ2n) is 10.6. The van der Waals surface area contributed by atoms with Crippen LogP contribution in [0.5, 0.6) is 5.75 Å². The van der Waals surface area contributed by atoms with Crippen LogP contribution in [0, 0.1) is 34.9 Å². The molecule has 258 valence electrons. The van der Waals surface area contributed by atoms with E-state index in [4.69, 9.17) is 9.47 Å².